The summed E-state index contributed by atoms with van der Waals surface area (Å²) in [6, 6.07) is 25.1. The van der Waals surface area contributed by atoms with Gasteiger partial charge in [0.25, 0.3) is 5.91 Å². The summed E-state index contributed by atoms with van der Waals surface area (Å²) >= 11 is 0. The van der Waals surface area contributed by atoms with Crippen LogP contribution >= 0.6 is 0 Å². The number of aryl methyl sites for hydroxylation is 8. The van der Waals surface area contributed by atoms with Gasteiger partial charge in [0.1, 0.15) is 11.6 Å². The quantitative estimate of drug-likeness (QED) is 0.130. The van der Waals surface area contributed by atoms with E-state index >= 15 is 0 Å². The van der Waals surface area contributed by atoms with Crippen molar-refractivity contribution in [3.8, 4) is 11.6 Å². The van der Waals surface area contributed by atoms with Gasteiger partial charge in [-0.1, -0.05) is 38.1 Å². The van der Waals surface area contributed by atoms with E-state index in [2.05, 4.69) is 143 Å². The molecule has 3 atom stereocenters. The highest BCUT2D eigenvalue weighted by atomic mass is 16.6. The number of aromatic nitrogens is 4. The smallest absolute Gasteiger partial charge is 0.313 e. The average Bonchev–Trinajstić information content (AvgIpc) is 3.80. The summed E-state index contributed by atoms with van der Waals surface area (Å²) in [7, 11) is 0. The van der Waals surface area contributed by atoms with Crippen LogP contribution in [0.4, 0.5) is 0 Å². The molecule has 1 saturated carbocycles. The molecule has 8 heteroatoms. The van der Waals surface area contributed by atoms with E-state index in [-0.39, 0.29) is 11.9 Å². The summed E-state index contributed by atoms with van der Waals surface area (Å²) in [5.74, 6) is 1.36. The van der Waals surface area contributed by atoms with Crippen LogP contribution in [0.25, 0.3) is 11.6 Å². The first-order valence-corrected chi connectivity index (χ1v) is 19.6. The maximum Gasteiger partial charge on any atom is 0.313 e. The molecule has 0 radical (unpaired) electrons. The van der Waals surface area contributed by atoms with Gasteiger partial charge in [-0.3, -0.25) is 9.59 Å². The van der Waals surface area contributed by atoms with Crippen molar-refractivity contribution in [2.45, 2.75) is 119 Å². The van der Waals surface area contributed by atoms with E-state index in [1.807, 2.05) is 6.92 Å². The molecule has 0 spiro atoms. The number of rotatable bonds is 12. The van der Waals surface area contributed by atoms with Gasteiger partial charge < -0.3 is 19.2 Å². The Kier molecular flexibility index (Phi) is 9.69. The Labute approximate surface area is 320 Å². The highest BCUT2D eigenvalue weighted by Crippen LogP contribution is 2.69. The average molecular weight is 726 g/mol. The van der Waals surface area contributed by atoms with Gasteiger partial charge in [0.2, 0.25) is 0 Å². The fraction of sp³-hybridized carbons (Fsp3) is 0.435. The predicted octanol–water partition coefficient (Wildman–Crippen LogP) is 9.00. The molecule has 7 rings (SSSR count). The molecule has 282 valence electrons. The van der Waals surface area contributed by atoms with Crippen LogP contribution in [0, 0.1) is 52.4 Å². The molecule has 4 aromatic heterocycles. The highest BCUT2D eigenvalue weighted by molar-refractivity contribution is 5.96. The molecule has 5 aromatic rings. The van der Waals surface area contributed by atoms with E-state index in [1.54, 1.807) is 0 Å². The molecule has 1 saturated heterocycles. The number of benzene rings is 1. The molecule has 1 aliphatic carbocycles. The molecule has 8 nitrogen and oxygen atoms in total. The number of fused-ring (bicyclic) bond motifs is 2. The molecular formula is C46H55N5O3. The van der Waals surface area contributed by atoms with Crippen molar-refractivity contribution < 1.29 is 14.3 Å². The van der Waals surface area contributed by atoms with Crippen molar-refractivity contribution in [2.75, 3.05) is 0 Å². The van der Waals surface area contributed by atoms with Gasteiger partial charge in [-0.2, -0.15) is 0 Å². The second kappa shape index (κ2) is 14.0. The van der Waals surface area contributed by atoms with Crippen molar-refractivity contribution in [1.29, 1.82) is 0 Å². The summed E-state index contributed by atoms with van der Waals surface area (Å²) in [4.78, 5) is 38.5. The first-order valence-electron chi connectivity index (χ1n) is 19.6. The topological polar surface area (TPSA) is 91.0 Å². The van der Waals surface area contributed by atoms with Crippen LogP contribution in [-0.4, -0.2) is 36.6 Å². The van der Waals surface area contributed by atoms with E-state index in [4.69, 9.17) is 14.7 Å². The molecule has 2 aliphatic rings. The predicted molar refractivity (Wildman–Crippen MR) is 213 cm³/mol. The standard InChI is InChI=1S/C46H55N5O3/c1-10-45(11-2)44(9)21-22-46(45,54-43(44)53)42(52)49-39(28-38-24-30(4)26-41(48-38)51-33(7)17-18-34(51)8)36-14-12-13-35(27-36)19-20-37-23-29(3)25-40(47-37)50-31(5)15-16-32(50)6/h12-18,23-27,39H,10-11,19-22,28H2,1-9H3,(H,49,52)/t39-,44-,46+/m1/s1. The zero-order valence-electron chi connectivity index (χ0n) is 33.5. The monoisotopic (exact) mass is 725 g/mol. The number of esters is 1. The lowest BCUT2D eigenvalue weighted by Crippen LogP contribution is -2.56. The summed E-state index contributed by atoms with van der Waals surface area (Å²) in [6.45, 7) is 18.8. The Morgan fingerprint density at radius 1 is 0.759 bits per heavy atom. The fourth-order valence-corrected chi connectivity index (χ4v) is 9.98. The van der Waals surface area contributed by atoms with Crippen LogP contribution in [-0.2, 0) is 33.6 Å². The number of carbonyl (C=O) groups is 2. The highest BCUT2D eigenvalue weighted by Gasteiger charge is 2.78. The molecule has 1 aliphatic heterocycles. The van der Waals surface area contributed by atoms with Crippen molar-refractivity contribution in [3.05, 3.63) is 129 Å². The molecular weight excluding hydrogens is 671 g/mol. The third-order valence-electron chi connectivity index (χ3n) is 12.9. The number of hydrogen-bond donors (Lipinski definition) is 1. The first-order chi connectivity index (χ1) is 25.7. The summed E-state index contributed by atoms with van der Waals surface area (Å²) in [5, 5.41) is 3.46. The molecule has 0 unspecified atom stereocenters. The Balaban J connectivity index is 1.22. The van der Waals surface area contributed by atoms with Gasteiger partial charge in [0, 0.05) is 46.0 Å². The van der Waals surface area contributed by atoms with E-state index < -0.39 is 22.5 Å². The number of amides is 1. The molecule has 1 aromatic carbocycles. The third kappa shape index (κ3) is 6.08. The van der Waals surface area contributed by atoms with E-state index in [1.165, 1.54) is 5.56 Å². The Morgan fingerprint density at radius 3 is 1.87 bits per heavy atom. The Bertz CT molecular complexity index is 2200. The van der Waals surface area contributed by atoms with Gasteiger partial charge in [0.05, 0.1) is 11.5 Å². The third-order valence-corrected chi connectivity index (χ3v) is 12.9. The van der Waals surface area contributed by atoms with Crippen LogP contribution in [0.5, 0.6) is 0 Å². The molecule has 2 bridgehead atoms. The number of ether oxygens (including phenoxy) is 1. The second-order valence-corrected chi connectivity index (χ2v) is 16.2. The largest absolute Gasteiger partial charge is 0.448 e. The summed E-state index contributed by atoms with van der Waals surface area (Å²) < 4.78 is 10.6. The Hall–Kier alpha value is -4.98. The number of nitrogens with one attached hydrogen (secondary N) is 1. The van der Waals surface area contributed by atoms with Crippen LogP contribution in [0.3, 0.4) is 0 Å². The van der Waals surface area contributed by atoms with Gasteiger partial charge in [-0.05, 0) is 158 Å². The van der Waals surface area contributed by atoms with Gasteiger partial charge in [-0.15, -0.1) is 0 Å². The SMILES string of the molecule is CCC1(CC)[C@@]2(C(=O)N[C@H](Cc3cc(C)cc(-n4c(C)ccc4C)n3)c3cccc(CCc4cc(C)cc(-n5c(C)ccc5C)n4)c3)CC[C@]1(C)C(=O)O2. The first kappa shape index (κ1) is 37.3. The van der Waals surface area contributed by atoms with Crippen LogP contribution in [0.2, 0.25) is 0 Å². The van der Waals surface area contributed by atoms with Crippen molar-refractivity contribution >= 4 is 11.9 Å². The lowest BCUT2D eigenvalue weighted by Gasteiger charge is -2.41. The van der Waals surface area contributed by atoms with Gasteiger partial charge >= 0.3 is 5.97 Å². The summed E-state index contributed by atoms with van der Waals surface area (Å²) in [6.07, 6.45) is 4.61. The number of nitrogens with zero attached hydrogens (tertiary/aromatic N) is 4. The minimum absolute atomic E-state index is 0.201. The molecule has 1 amide bonds. The van der Waals surface area contributed by atoms with Crippen molar-refractivity contribution in [1.82, 2.24) is 24.4 Å². The zero-order chi connectivity index (χ0) is 38.6. The van der Waals surface area contributed by atoms with Crippen LogP contribution in [0.15, 0.2) is 72.8 Å². The maximum absolute atomic E-state index is 14.8. The lowest BCUT2D eigenvalue weighted by atomic mass is 9.60. The van der Waals surface area contributed by atoms with E-state index in [9.17, 15) is 9.59 Å². The van der Waals surface area contributed by atoms with Crippen LogP contribution < -0.4 is 5.32 Å². The fourth-order valence-electron chi connectivity index (χ4n) is 9.98. The maximum atomic E-state index is 14.8. The minimum Gasteiger partial charge on any atom is -0.448 e. The molecule has 2 fully saturated rings. The lowest BCUT2D eigenvalue weighted by molar-refractivity contribution is -0.169. The minimum atomic E-state index is -1.20. The normalized spacial score (nSPS) is 20.6. The van der Waals surface area contributed by atoms with Crippen molar-refractivity contribution in [3.63, 3.8) is 0 Å². The van der Waals surface area contributed by atoms with E-state index in [0.717, 1.165) is 75.3 Å². The molecule has 5 heterocycles. The van der Waals surface area contributed by atoms with Gasteiger partial charge in [0.15, 0.2) is 5.60 Å². The second-order valence-electron chi connectivity index (χ2n) is 16.2. The molecule has 54 heavy (non-hydrogen) atoms. The van der Waals surface area contributed by atoms with Crippen molar-refractivity contribution in [2.24, 2.45) is 10.8 Å². The Morgan fingerprint density at radius 2 is 1.31 bits per heavy atom. The molecule has 1 N–H and O–H groups in total. The number of hydrogen-bond acceptors (Lipinski definition) is 5. The number of pyridine rings is 2. The van der Waals surface area contributed by atoms with E-state index in [0.29, 0.717) is 32.1 Å². The van der Waals surface area contributed by atoms with Crippen LogP contribution in [0.1, 0.15) is 109 Å². The van der Waals surface area contributed by atoms with Gasteiger partial charge in [-0.25, -0.2) is 9.97 Å². The summed E-state index contributed by atoms with van der Waals surface area (Å²) in [5.41, 5.74) is 8.48. The number of carbonyl (C=O) groups excluding carboxylic acids is 2. The zero-order valence-corrected chi connectivity index (χ0v) is 33.5.